The lowest BCUT2D eigenvalue weighted by atomic mass is 9.86. The van der Waals surface area contributed by atoms with Gasteiger partial charge in [-0.1, -0.05) is 19.8 Å². The second kappa shape index (κ2) is 6.11. The van der Waals surface area contributed by atoms with Gasteiger partial charge in [-0.05, 0) is 32.6 Å². The standard InChI is InChI=1S/C12H23NO2/c1-3-5-9(2)15-12(14)10-6-4-7-11(13)8-10/h9-11H,3-8,13H2,1-2H3. The predicted molar refractivity (Wildman–Crippen MR) is 60.4 cm³/mol. The fraction of sp³-hybridized carbons (Fsp3) is 0.917. The minimum atomic E-state index is -0.0360. The van der Waals surface area contributed by atoms with Crippen molar-refractivity contribution in [3.63, 3.8) is 0 Å². The zero-order chi connectivity index (χ0) is 11.3. The van der Waals surface area contributed by atoms with Crippen molar-refractivity contribution in [2.75, 3.05) is 0 Å². The van der Waals surface area contributed by atoms with E-state index in [0.717, 1.165) is 38.5 Å². The monoisotopic (exact) mass is 213 g/mol. The molecule has 0 heterocycles. The van der Waals surface area contributed by atoms with Gasteiger partial charge in [-0.3, -0.25) is 4.79 Å². The number of carbonyl (C=O) groups excluding carboxylic acids is 1. The zero-order valence-corrected chi connectivity index (χ0v) is 9.87. The van der Waals surface area contributed by atoms with Crippen molar-refractivity contribution in [1.29, 1.82) is 0 Å². The van der Waals surface area contributed by atoms with Crippen LogP contribution in [0, 0.1) is 5.92 Å². The van der Waals surface area contributed by atoms with Crippen LogP contribution in [0.3, 0.4) is 0 Å². The molecule has 0 aromatic rings. The molecule has 1 rings (SSSR count). The fourth-order valence-electron chi connectivity index (χ4n) is 2.20. The second-order valence-electron chi connectivity index (χ2n) is 4.66. The molecule has 3 atom stereocenters. The van der Waals surface area contributed by atoms with Gasteiger partial charge in [0.1, 0.15) is 0 Å². The SMILES string of the molecule is CCCC(C)OC(=O)C1CCCC(N)C1. The maximum atomic E-state index is 11.8. The molecule has 1 aliphatic carbocycles. The van der Waals surface area contributed by atoms with E-state index in [1.165, 1.54) is 0 Å². The first-order valence-corrected chi connectivity index (χ1v) is 6.09. The number of ether oxygens (including phenoxy) is 1. The van der Waals surface area contributed by atoms with Crippen molar-refractivity contribution in [3.8, 4) is 0 Å². The Labute approximate surface area is 92.4 Å². The van der Waals surface area contributed by atoms with Crippen molar-refractivity contribution in [3.05, 3.63) is 0 Å². The lowest BCUT2D eigenvalue weighted by molar-refractivity contribution is -0.154. The van der Waals surface area contributed by atoms with Crippen LogP contribution in [0.2, 0.25) is 0 Å². The van der Waals surface area contributed by atoms with Crippen molar-refractivity contribution in [1.82, 2.24) is 0 Å². The van der Waals surface area contributed by atoms with Crippen molar-refractivity contribution < 1.29 is 9.53 Å². The molecule has 1 saturated carbocycles. The number of hydrogen-bond donors (Lipinski definition) is 1. The molecule has 3 nitrogen and oxygen atoms in total. The van der Waals surface area contributed by atoms with Gasteiger partial charge >= 0.3 is 5.97 Å². The Morgan fingerprint density at radius 3 is 2.87 bits per heavy atom. The van der Waals surface area contributed by atoms with Gasteiger partial charge in [0.05, 0.1) is 12.0 Å². The molecule has 0 radical (unpaired) electrons. The number of carbonyl (C=O) groups is 1. The van der Waals surface area contributed by atoms with Gasteiger partial charge in [-0.25, -0.2) is 0 Å². The van der Waals surface area contributed by atoms with Crippen LogP contribution >= 0.6 is 0 Å². The van der Waals surface area contributed by atoms with Crippen molar-refractivity contribution in [2.45, 2.75) is 64.5 Å². The van der Waals surface area contributed by atoms with E-state index in [-0.39, 0.29) is 24.0 Å². The smallest absolute Gasteiger partial charge is 0.309 e. The zero-order valence-electron chi connectivity index (χ0n) is 9.87. The molecule has 1 aliphatic rings. The maximum Gasteiger partial charge on any atom is 0.309 e. The van der Waals surface area contributed by atoms with Crippen LogP contribution in [0.1, 0.15) is 52.4 Å². The maximum absolute atomic E-state index is 11.8. The molecule has 3 heteroatoms. The Hall–Kier alpha value is -0.570. The third-order valence-electron chi connectivity index (χ3n) is 3.06. The van der Waals surface area contributed by atoms with Crippen LogP contribution in [0.25, 0.3) is 0 Å². The lowest BCUT2D eigenvalue weighted by Gasteiger charge is -2.26. The molecule has 0 aromatic heterocycles. The molecule has 15 heavy (non-hydrogen) atoms. The van der Waals surface area contributed by atoms with Crippen LogP contribution < -0.4 is 5.73 Å². The van der Waals surface area contributed by atoms with E-state index in [2.05, 4.69) is 6.92 Å². The summed E-state index contributed by atoms with van der Waals surface area (Å²) < 4.78 is 5.38. The highest BCUT2D eigenvalue weighted by atomic mass is 16.5. The predicted octanol–water partition coefficient (Wildman–Crippen LogP) is 2.24. The molecule has 0 aromatic carbocycles. The summed E-state index contributed by atoms with van der Waals surface area (Å²) >= 11 is 0. The summed E-state index contributed by atoms with van der Waals surface area (Å²) in [6.07, 6.45) is 5.92. The van der Waals surface area contributed by atoms with Gasteiger partial charge in [0.2, 0.25) is 0 Å². The van der Waals surface area contributed by atoms with Gasteiger partial charge in [0.25, 0.3) is 0 Å². The summed E-state index contributed by atoms with van der Waals surface area (Å²) in [4.78, 5) is 11.8. The highest BCUT2D eigenvalue weighted by Crippen LogP contribution is 2.24. The van der Waals surface area contributed by atoms with E-state index < -0.39 is 0 Å². The van der Waals surface area contributed by atoms with Gasteiger partial charge in [0.15, 0.2) is 0 Å². The summed E-state index contributed by atoms with van der Waals surface area (Å²) in [5.41, 5.74) is 5.84. The normalized spacial score (nSPS) is 28.5. The Bertz CT molecular complexity index is 206. The molecule has 3 unspecified atom stereocenters. The Kier molecular flexibility index (Phi) is 5.09. The van der Waals surface area contributed by atoms with Crippen LogP contribution in [0.5, 0.6) is 0 Å². The van der Waals surface area contributed by atoms with Gasteiger partial charge < -0.3 is 10.5 Å². The third-order valence-corrected chi connectivity index (χ3v) is 3.06. The highest BCUT2D eigenvalue weighted by molar-refractivity contribution is 5.72. The summed E-state index contributed by atoms with van der Waals surface area (Å²) in [6, 6.07) is 0.192. The number of hydrogen-bond acceptors (Lipinski definition) is 3. The van der Waals surface area contributed by atoms with Crippen molar-refractivity contribution >= 4 is 5.97 Å². The van der Waals surface area contributed by atoms with E-state index in [0.29, 0.717) is 0 Å². The topological polar surface area (TPSA) is 52.3 Å². The van der Waals surface area contributed by atoms with Crippen molar-refractivity contribution in [2.24, 2.45) is 11.7 Å². The molecule has 0 bridgehead atoms. The molecule has 2 N–H and O–H groups in total. The van der Waals surface area contributed by atoms with E-state index in [9.17, 15) is 4.79 Å². The number of esters is 1. The molecule has 0 amide bonds. The molecule has 88 valence electrons. The fourth-order valence-corrected chi connectivity index (χ4v) is 2.20. The van der Waals surface area contributed by atoms with Crippen LogP contribution in [-0.4, -0.2) is 18.1 Å². The largest absolute Gasteiger partial charge is 0.462 e. The van der Waals surface area contributed by atoms with Crippen LogP contribution in [0.15, 0.2) is 0 Å². The summed E-state index contributed by atoms with van der Waals surface area (Å²) in [5, 5.41) is 0. The average Bonchev–Trinajstić information content (AvgIpc) is 2.18. The summed E-state index contributed by atoms with van der Waals surface area (Å²) in [5.74, 6) is 0.0131. The van der Waals surface area contributed by atoms with E-state index in [4.69, 9.17) is 10.5 Å². The number of rotatable bonds is 4. The van der Waals surface area contributed by atoms with Gasteiger partial charge in [0, 0.05) is 6.04 Å². The molecular weight excluding hydrogens is 190 g/mol. The second-order valence-corrected chi connectivity index (χ2v) is 4.66. The summed E-state index contributed by atoms with van der Waals surface area (Å²) in [6.45, 7) is 4.06. The molecule has 1 fully saturated rings. The van der Waals surface area contributed by atoms with E-state index in [1.54, 1.807) is 0 Å². The van der Waals surface area contributed by atoms with E-state index >= 15 is 0 Å². The first kappa shape index (κ1) is 12.5. The minimum absolute atomic E-state index is 0.0360. The molecule has 0 spiro atoms. The Morgan fingerprint density at radius 2 is 2.27 bits per heavy atom. The lowest BCUT2D eigenvalue weighted by Crippen LogP contribution is -2.33. The first-order valence-electron chi connectivity index (χ1n) is 6.09. The Morgan fingerprint density at radius 1 is 1.53 bits per heavy atom. The molecule has 0 aliphatic heterocycles. The van der Waals surface area contributed by atoms with Crippen LogP contribution in [-0.2, 0) is 9.53 Å². The quantitative estimate of drug-likeness (QED) is 0.729. The first-order chi connectivity index (χ1) is 7.13. The van der Waals surface area contributed by atoms with E-state index in [1.807, 2.05) is 6.92 Å². The molecular formula is C12H23NO2. The van der Waals surface area contributed by atoms with Crippen LogP contribution in [0.4, 0.5) is 0 Å². The van der Waals surface area contributed by atoms with Gasteiger partial charge in [-0.2, -0.15) is 0 Å². The third kappa shape index (κ3) is 4.20. The summed E-state index contributed by atoms with van der Waals surface area (Å²) in [7, 11) is 0. The molecule has 0 saturated heterocycles. The highest BCUT2D eigenvalue weighted by Gasteiger charge is 2.27. The van der Waals surface area contributed by atoms with Gasteiger partial charge in [-0.15, -0.1) is 0 Å². The average molecular weight is 213 g/mol. The minimum Gasteiger partial charge on any atom is -0.462 e. The Balaban J connectivity index is 2.32. The number of nitrogens with two attached hydrogens (primary N) is 1.